The minimum absolute atomic E-state index is 0.100. The lowest BCUT2D eigenvalue weighted by Crippen LogP contribution is -2.19. The van der Waals surface area contributed by atoms with E-state index in [1.54, 1.807) is 13.0 Å². The van der Waals surface area contributed by atoms with Crippen LogP contribution in [-0.2, 0) is 6.42 Å². The number of benzene rings is 1. The van der Waals surface area contributed by atoms with Crippen molar-refractivity contribution >= 4 is 5.69 Å². The van der Waals surface area contributed by atoms with Crippen molar-refractivity contribution in [3.63, 3.8) is 0 Å². The second-order valence-corrected chi connectivity index (χ2v) is 4.88. The molecule has 0 aliphatic rings. The molecule has 0 bridgehead atoms. The van der Waals surface area contributed by atoms with Gasteiger partial charge in [0.2, 0.25) is 0 Å². The van der Waals surface area contributed by atoms with Crippen LogP contribution in [0.5, 0.6) is 0 Å². The van der Waals surface area contributed by atoms with Crippen molar-refractivity contribution < 1.29 is 10.0 Å². The molecule has 0 unspecified atom stereocenters. The van der Waals surface area contributed by atoms with Gasteiger partial charge in [0.1, 0.15) is 0 Å². The fourth-order valence-corrected chi connectivity index (χ4v) is 1.64. The van der Waals surface area contributed by atoms with E-state index in [2.05, 4.69) is 0 Å². The van der Waals surface area contributed by atoms with E-state index in [1.807, 2.05) is 19.9 Å². The first-order valence-corrected chi connectivity index (χ1v) is 5.20. The average molecular weight is 223 g/mol. The SMILES string of the molecule is Cc1cc(CC(C)(C)CO)ccc1[N+](=O)[O-]. The molecule has 0 heterocycles. The number of rotatable bonds is 4. The molecular weight excluding hydrogens is 206 g/mol. The molecule has 0 saturated heterocycles. The van der Waals surface area contributed by atoms with Gasteiger partial charge in [-0.15, -0.1) is 0 Å². The third-order valence-corrected chi connectivity index (χ3v) is 2.57. The summed E-state index contributed by atoms with van der Waals surface area (Å²) in [6, 6.07) is 5.09. The maximum absolute atomic E-state index is 10.6. The summed E-state index contributed by atoms with van der Waals surface area (Å²) in [5.74, 6) is 0. The highest BCUT2D eigenvalue weighted by atomic mass is 16.6. The molecule has 1 aromatic rings. The number of aliphatic hydroxyl groups is 1. The Labute approximate surface area is 95.1 Å². The van der Waals surface area contributed by atoms with E-state index in [1.165, 1.54) is 6.07 Å². The van der Waals surface area contributed by atoms with Gasteiger partial charge in [0.05, 0.1) is 4.92 Å². The summed E-state index contributed by atoms with van der Waals surface area (Å²) in [5.41, 5.74) is 1.63. The summed E-state index contributed by atoms with van der Waals surface area (Å²) >= 11 is 0. The predicted molar refractivity (Wildman–Crippen MR) is 62.4 cm³/mol. The predicted octanol–water partition coefficient (Wildman–Crippen LogP) is 2.46. The van der Waals surface area contributed by atoms with Crippen LogP contribution >= 0.6 is 0 Å². The van der Waals surface area contributed by atoms with E-state index in [4.69, 9.17) is 5.11 Å². The van der Waals surface area contributed by atoms with Gasteiger partial charge in [-0.1, -0.05) is 19.9 Å². The number of nitrogens with zero attached hydrogens (tertiary/aromatic N) is 1. The largest absolute Gasteiger partial charge is 0.396 e. The van der Waals surface area contributed by atoms with Crippen LogP contribution in [0.25, 0.3) is 0 Å². The first-order chi connectivity index (χ1) is 7.35. The van der Waals surface area contributed by atoms with Gasteiger partial charge in [-0.2, -0.15) is 0 Å². The Balaban J connectivity index is 2.94. The van der Waals surface area contributed by atoms with Crippen LogP contribution in [0.4, 0.5) is 5.69 Å². The summed E-state index contributed by atoms with van der Waals surface area (Å²) in [6.07, 6.45) is 0.711. The van der Waals surface area contributed by atoms with E-state index in [0.717, 1.165) is 5.56 Å². The summed E-state index contributed by atoms with van der Waals surface area (Å²) in [7, 11) is 0. The molecule has 0 spiro atoms. The normalized spacial score (nSPS) is 11.5. The topological polar surface area (TPSA) is 63.4 Å². The van der Waals surface area contributed by atoms with E-state index < -0.39 is 0 Å². The highest BCUT2D eigenvalue weighted by molar-refractivity contribution is 5.42. The van der Waals surface area contributed by atoms with E-state index in [9.17, 15) is 10.1 Å². The quantitative estimate of drug-likeness (QED) is 0.630. The summed E-state index contributed by atoms with van der Waals surface area (Å²) in [5, 5.41) is 19.8. The minimum atomic E-state index is -0.379. The number of hydrogen-bond donors (Lipinski definition) is 1. The second kappa shape index (κ2) is 4.61. The molecule has 0 aliphatic heterocycles. The first-order valence-electron chi connectivity index (χ1n) is 5.20. The molecule has 1 N–H and O–H groups in total. The molecule has 0 radical (unpaired) electrons. The Morgan fingerprint density at radius 3 is 2.50 bits per heavy atom. The fraction of sp³-hybridized carbons (Fsp3) is 0.500. The minimum Gasteiger partial charge on any atom is -0.396 e. The Morgan fingerprint density at radius 2 is 2.06 bits per heavy atom. The second-order valence-electron chi connectivity index (χ2n) is 4.88. The van der Waals surface area contributed by atoms with Gasteiger partial charge in [-0.3, -0.25) is 10.1 Å². The third kappa shape index (κ3) is 3.03. The zero-order valence-corrected chi connectivity index (χ0v) is 9.86. The molecular formula is C12H17NO3. The molecule has 88 valence electrons. The number of nitro groups is 1. The zero-order chi connectivity index (χ0) is 12.3. The number of aliphatic hydroxyl groups excluding tert-OH is 1. The fourth-order valence-electron chi connectivity index (χ4n) is 1.64. The van der Waals surface area contributed by atoms with Gasteiger partial charge in [-0.25, -0.2) is 0 Å². The van der Waals surface area contributed by atoms with Crippen molar-refractivity contribution in [3.8, 4) is 0 Å². The highest BCUT2D eigenvalue weighted by Gasteiger charge is 2.18. The van der Waals surface area contributed by atoms with Crippen molar-refractivity contribution in [2.45, 2.75) is 27.2 Å². The van der Waals surface area contributed by atoms with Crippen molar-refractivity contribution in [2.75, 3.05) is 6.61 Å². The molecule has 0 aliphatic carbocycles. The van der Waals surface area contributed by atoms with E-state index in [0.29, 0.717) is 12.0 Å². The van der Waals surface area contributed by atoms with Crippen LogP contribution in [0.1, 0.15) is 25.0 Å². The molecule has 0 atom stereocenters. The van der Waals surface area contributed by atoms with Gasteiger partial charge >= 0.3 is 0 Å². The van der Waals surface area contributed by atoms with Crippen LogP contribution in [0, 0.1) is 22.5 Å². The van der Waals surface area contributed by atoms with Gasteiger partial charge in [0.25, 0.3) is 5.69 Å². The van der Waals surface area contributed by atoms with Crippen molar-refractivity contribution in [2.24, 2.45) is 5.41 Å². The monoisotopic (exact) mass is 223 g/mol. The molecule has 4 heteroatoms. The molecule has 0 fully saturated rings. The maximum atomic E-state index is 10.6. The number of aryl methyl sites for hydroxylation is 1. The van der Waals surface area contributed by atoms with Crippen LogP contribution in [0.3, 0.4) is 0 Å². The Hall–Kier alpha value is -1.42. The lowest BCUT2D eigenvalue weighted by atomic mass is 9.86. The van der Waals surface area contributed by atoms with Crippen LogP contribution in [0.2, 0.25) is 0 Å². The van der Waals surface area contributed by atoms with Gasteiger partial charge in [-0.05, 0) is 30.4 Å². The lowest BCUT2D eigenvalue weighted by molar-refractivity contribution is -0.385. The molecule has 0 saturated carbocycles. The van der Waals surface area contributed by atoms with Crippen LogP contribution < -0.4 is 0 Å². The van der Waals surface area contributed by atoms with Crippen LogP contribution in [0.15, 0.2) is 18.2 Å². The molecule has 16 heavy (non-hydrogen) atoms. The van der Waals surface area contributed by atoms with Gasteiger partial charge in [0.15, 0.2) is 0 Å². The van der Waals surface area contributed by atoms with E-state index in [-0.39, 0.29) is 22.6 Å². The summed E-state index contributed by atoms with van der Waals surface area (Å²) in [4.78, 5) is 10.3. The Morgan fingerprint density at radius 1 is 1.44 bits per heavy atom. The lowest BCUT2D eigenvalue weighted by Gasteiger charge is -2.21. The first kappa shape index (κ1) is 12.6. The molecule has 0 amide bonds. The van der Waals surface area contributed by atoms with Gasteiger partial charge < -0.3 is 5.11 Å². The molecule has 4 nitrogen and oxygen atoms in total. The van der Waals surface area contributed by atoms with Crippen molar-refractivity contribution in [3.05, 3.63) is 39.4 Å². The highest BCUT2D eigenvalue weighted by Crippen LogP contribution is 2.25. The van der Waals surface area contributed by atoms with Crippen molar-refractivity contribution in [1.82, 2.24) is 0 Å². The zero-order valence-electron chi connectivity index (χ0n) is 9.86. The molecule has 0 aromatic heterocycles. The maximum Gasteiger partial charge on any atom is 0.272 e. The summed E-state index contributed by atoms with van der Waals surface area (Å²) < 4.78 is 0. The third-order valence-electron chi connectivity index (χ3n) is 2.57. The molecule has 1 aromatic carbocycles. The standard InChI is InChI=1S/C12H17NO3/c1-9-6-10(7-12(2,3)8-14)4-5-11(9)13(15)16/h4-6,14H,7-8H2,1-3H3. The number of hydrogen-bond acceptors (Lipinski definition) is 3. The molecule has 1 rings (SSSR count). The Bertz CT molecular complexity index is 399. The Kier molecular flexibility index (Phi) is 3.65. The summed E-state index contributed by atoms with van der Waals surface area (Å²) in [6.45, 7) is 5.75. The van der Waals surface area contributed by atoms with Crippen LogP contribution in [-0.4, -0.2) is 16.6 Å². The van der Waals surface area contributed by atoms with Gasteiger partial charge in [0, 0.05) is 18.2 Å². The average Bonchev–Trinajstić information content (AvgIpc) is 2.16. The smallest absolute Gasteiger partial charge is 0.272 e. The van der Waals surface area contributed by atoms with Crippen molar-refractivity contribution in [1.29, 1.82) is 0 Å². The van der Waals surface area contributed by atoms with E-state index >= 15 is 0 Å². The number of nitro benzene ring substituents is 1.